The Bertz CT molecular complexity index is 1530. The van der Waals surface area contributed by atoms with Gasteiger partial charge in [0, 0.05) is 10.6 Å². The van der Waals surface area contributed by atoms with Crippen molar-refractivity contribution in [3.8, 4) is 17.4 Å². The van der Waals surface area contributed by atoms with Gasteiger partial charge in [0.15, 0.2) is 11.0 Å². The molecule has 5 rings (SSSR count). The number of carbonyl (C=O) groups is 1. The van der Waals surface area contributed by atoms with Crippen molar-refractivity contribution >= 4 is 35.2 Å². The highest BCUT2D eigenvalue weighted by Crippen LogP contribution is 2.27. The monoisotopic (exact) mass is 523 g/mol. The van der Waals surface area contributed by atoms with E-state index in [9.17, 15) is 10.1 Å². The molecule has 0 unspecified atom stereocenters. The Hall–Kier alpha value is -4.33. The van der Waals surface area contributed by atoms with Gasteiger partial charge in [-0.15, -0.1) is 22.0 Å². The van der Waals surface area contributed by atoms with Crippen LogP contribution in [0.4, 0.5) is 5.82 Å². The van der Waals surface area contributed by atoms with Crippen LogP contribution in [0.3, 0.4) is 0 Å². The van der Waals surface area contributed by atoms with Crippen molar-refractivity contribution in [2.45, 2.75) is 15.8 Å². The molecule has 2 aromatic heterocycles. The van der Waals surface area contributed by atoms with E-state index in [1.807, 2.05) is 83.4 Å². The van der Waals surface area contributed by atoms with Crippen LogP contribution in [0.2, 0.25) is 0 Å². The third-order valence-electron chi connectivity index (χ3n) is 5.31. The molecule has 0 aliphatic carbocycles. The summed E-state index contributed by atoms with van der Waals surface area (Å²) in [4.78, 5) is 14.1. The third-order valence-corrected chi connectivity index (χ3v) is 7.24. The smallest absolute Gasteiger partial charge is 0.236 e. The minimum absolute atomic E-state index is 0.0850. The van der Waals surface area contributed by atoms with Gasteiger partial charge in [-0.05, 0) is 36.4 Å². The summed E-state index contributed by atoms with van der Waals surface area (Å²) in [5, 5.41) is 26.1. The summed E-state index contributed by atoms with van der Waals surface area (Å²) in [5.74, 6) is 1.56. The van der Waals surface area contributed by atoms with E-state index in [4.69, 9.17) is 0 Å². The number of thioether (sulfide) groups is 2. The number of benzene rings is 3. The van der Waals surface area contributed by atoms with E-state index < -0.39 is 0 Å². The fraction of sp³-hybridized carbons (Fsp3) is 0.0741. The van der Waals surface area contributed by atoms with Gasteiger partial charge in [-0.25, -0.2) is 4.68 Å². The molecule has 0 radical (unpaired) electrons. The summed E-state index contributed by atoms with van der Waals surface area (Å²) in [6, 6.07) is 31.4. The molecule has 0 atom stereocenters. The maximum absolute atomic E-state index is 13.0. The minimum Gasteiger partial charge on any atom is -0.309 e. The van der Waals surface area contributed by atoms with Gasteiger partial charge in [0.2, 0.25) is 5.91 Å². The summed E-state index contributed by atoms with van der Waals surface area (Å²) in [7, 11) is 0. The molecule has 0 saturated carbocycles. The summed E-state index contributed by atoms with van der Waals surface area (Å²) >= 11 is 2.96. The lowest BCUT2D eigenvalue weighted by atomic mass is 10.3. The van der Waals surface area contributed by atoms with Crippen molar-refractivity contribution in [3.63, 3.8) is 0 Å². The Morgan fingerprint density at radius 3 is 2.19 bits per heavy atom. The zero-order chi connectivity index (χ0) is 25.5. The molecule has 0 aliphatic rings. The van der Waals surface area contributed by atoms with Crippen LogP contribution in [0, 0.1) is 11.3 Å². The predicted molar refractivity (Wildman–Crippen MR) is 145 cm³/mol. The molecular weight excluding hydrogens is 502 g/mol. The molecule has 1 amide bonds. The highest BCUT2D eigenvalue weighted by Gasteiger charge is 2.19. The number of aromatic nitrogens is 5. The molecule has 0 fully saturated rings. The van der Waals surface area contributed by atoms with Gasteiger partial charge in [-0.1, -0.05) is 66.4 Å². The van der Waals surface area contributed by atoms with E-state index >= 15 is 0 Å². The van der Waals surface area contributed by atoms with Gasteiger partial charge in [0.05, 0.1) is 23.4 Å². The second kappa shape index (κ2) is 11.6. The van der Waals surface area contributed by atoms with E-state index in [-0.39, 0.29) is 17.2 Å². The number of para-hydroxylation sites is 2. The number of carbonyl (C=O) groups excluding carboxylic acids is 1. The lowest BCUT2D eigenvalue weighted by Crippen LogP contribution is -2.18. The van der Waals surface area contributed by atoms with Crippen LogP contribution >= 0.6 is 23.5 Å². The third kappa shape index (κ3) is 5.74. The molecule has 5 aromatic rings. The molecule has 8 nitrogen and oxygen atoms in total. The van der Waals surface area contributed by atoms with Gasteiger partial charge in [-0.3, -0.25) is 9.36 Å². The molecule has 0 bridgehead atoms. The second-order valence-corrected chi connectivity index (χ2v) is 9.77. The van der Waals surface area contributed by atoms with Gasteiger partial charge >= 0.3 is 0 Å². The fourth-order valence-corrected chi connectivity index (χ4v) is 5.21. The maximum Gasteiger partial charge on any atom is 0.236 e. The van der Waals surface area contributed by atoms with E-state index in [0.717, 1.165) is 22.1 Å². The van der Waals surface area contributed by atoms with Crippen molar-refractivity contribution in [3.05, 3.63) is 109 Å². The van der Waals surface area contributed by atoms with Crippen LogP contribution in [0.5, 0.6) is 0 Å². The number of nitriles is 1. The minimum atomic E-state index is -0.276. The van der Waals surface area contributed by atoms with E-state index in [1.165, 1.54) is 18.0 Å². The molecule has 1 N–H and O–H groups in total. The number of hydrogen-bond donors (Lipinski definition) is 1. The largest absolute Gasteiger partial charge is 0.309 e. The number of nitrogens with one attached hydrogen (secondary N) is 1. The number of nitrogens with zero attached hydrogens (tertiary/aromatic N) is 6. The van der Waals surface area contributed by atoms with E-state index in [1.54, 1.807) is 16.4 Å². The van der Waals surface area contributed by atoms with Crippen molar-refractivity contribution in [2.24, 2.45) is 0 Å². The first kappa shape index (κ1) is 24.4. The second-order valence-electron chi connectivity index (χ2n) is 7.77. The molecule has 3 aromatic carbocycles. The summed E-state index contributed by atoms with van der Waals surface area (Å²) in [5.41, 5.74) is 1.96. The number of hydrogen-bond acceptors (Lipinski definition) is 7. The Labute approximate surface area is 222 Å². The van der Waals surface area contributed by atoms with Gasteiger partial charge < -0.3 is 5.32 Å². The highest BCUT2D eigenvalue weighted by molar-refractivity contribution is 7.99. The van der Waals surface area contributed by atoms with Crippen molar-refractivity contribution in [1.29, 1.82) is 5.26 Å². The Kier molecular flexibility index (Phi) is 7.64. The molecule has 182 valence electrons. The van der Waals surface area contributed by atoms with Crippen molar-refractivity contribution in [2.75, 3.05) is 11.1 Å². The van der Waals surface area contributed by atoms with Crippen LogP contribution in [0.15, 0.2) is 107 Å². The molecule has 0 saturated heterocycles. The first-order valence-corrected chi connectivity index (χ1v) is 13.3. The standard InChI is InChI=1S/C27H21N7OS2/c28-16-20-17-29-34(22-12-6-2-7-13-22)26(20)30-25(35)19-37-27-32-31-24(18-36-23-14-8-3-9-15-23)33(27)21-10-4-1-5-11-21/h1-15,17H,18-19H2,(H,30,35). The van der Waals surface area contributed by atoms with Crippen molar-refractivity contribution < 1.29 is 4.79 Å². The Balaban J connectivity index is 1.33. The van der Waals surface area contributed by atoms with E-state index in [0.29, 0.717) is 16.7 Å². The first-order chi connectivity index (χ1) is 18.2. The summed E-state index contributed by atoms with van der Waals surface area (Å²) in [6.45, 7) is 0. The van der Waals surface area contributed by atoms with Gasteiger partial charge in [0.25, 0.3) is 0 Å². The van der Waals surface area contributed by atoms with Crippen LogP contribution in [0.1, 0.15) is 11.4 Å². The number of amides is 1. The lowest BCUT2D eigenvalue weighted by molar-refractivity contribution is -0.113. The number of anilines is 1. The molecule has 2 heterocycles. The molecule has 37 heavy (non-hydrogen) atoms. The van der Waals surface area contributed by atoms with Crippen LogP contribution in [-0.2, 0) is 10.5 Å². The zero-order valence-electron chi connectivity index (χ0n) is 19.6. The average Bonchev–Trinajstić information content (AvgIpc) is 3.56. The Morgan fingerprint density at radius 2 is 1.51 bits per heavy atom. The predicted octanol–water partition coefficient (Wildman–Crippen LogP) is 5.35. The molecule has 0 aliphatic heterocycles. The zero-order valence-corrected chi connectivity index (χ0v) is 21.2. The number of rotatable bonds is 9. The molecule has 10 heteroatoms. The molecular formula is C27H21N7OS2. The topological polar surface area (TPSA) is 101 Å². The first-order valence-electron chi connectivity index (χ1n) is 11.4. The van der Waals surface area contributed by atoms with Crippen LogP contribution in [-0.4, -0.2) is 36.2 Å². The fourth-order valence-electron chi connectivity index (χ4n) is 3.60. The van der Waals surface area contributed by atoms with Gasteiger partial charge in [-0.2, -0.15) is 10.4 Å². The Morgan fingerprint density at radius 1 is 0.865 bits per heavy atom. The highest BCUT2D eigenvalue weighted by atomic mass is 32.2. The van der Waals surface area contributed by atoms with Crippen LogP contribution < -0.4 is 5.32 Å². The average molecular weight is 524 g/mol. The summed E-state index contributed by atoms with van der Waals surface area (Å²) in [6.07, 6.45) is 1.44. The van der Waals surface area contributed by atoms with E-state index in [2.05, 4.69) is 38.8 Å². The molecule has 0 spiro atoms. The summed E-state index contributed by atoms with van der Waals surface area (Å²) < 4.78 is 3.52. The normalized spacial score (nSPS) is 10.7. The van der Waals surface area contributed by atoms with Crippen molar-refractivity contribution in [1.82, 2.24) is 24.5 Å². The van der Waals surface area contributed by atoms with Gasteiger partial charge in [0.1, 0.15) is 17.5 Å². The quantitative estimate of drug-likeness (QED) is 0.260. The maximum atomic E-state index is 13.0. The van der Waals surface area contributed by atoms with Crippen LogP contribution in [0.25, 0.3) is 11.4 Å². The SMILES string of the molecule is N#Cc1cnn(-c2ccccc2)c1NC(=O)CSc1nnc(CSc2ccccc2)n1-c1ccccc1. The lowest BCUT2D eigenvalue weighted by Gasteiger charge is -2.11.